The summed E-state index contributed by atoms with van der Waals surface area (Å²) in [6.07, 6.45) is 1.79. The lowest BCUT2D eigenvalue weighted by Gasteiger charge is -2.31. The first-order chi connectivity index (χ1) is 12.7. The smallest absolute Gasteiger partial charge is 0.225 e. The lowest BCUT2D eigenvalue weighted by molar-refractivity contribution is -0.125. The minimum atomic E-state index is -0.287. The number of imidazole rings is 1. The summed E-state index contributed by atoms with van der Waals surface area (Å²) in [5.41, 5.74) is 2.70. The van der Waals surface area contributed by atoms with Gasteiger partial charge in [-0.15, -0.1) is 0 Å². The molecule has 1 saturated heterocycles. The van der Waals surface area contributed by atoms with Gasteiger partial charge < -0.3 is 15.2 Å². The molecule has 6 heteroatoms. The lowest BCUT2D eigenvalue weighted by atomic mass is 9.97. The molecule has 1 atom stereocenters. The van der Waals surface area contributed by atoms with Gasteiger partial charge in [-0.05, 0) is 42.7 Å². The van der Waals surface area contributed by atoms with Crippen molar-refractivity contribution >= 4 is 22.9 Å². The molecule has 0 spiro atoms. The number of nitrogens with one attached hydrogen (secondary N) is 2. The van der Waals surface area contributed by atoms with Gasteiger partial charge in [0.1, 0.15) is 5.82 Å². The standard InChI is InChI=1S/C20H21FN4O/c21-16-7-3-5-14(11-16)12-22-19(26)15-6-4-10-25(13-15)20-23-17-8-1-2-9-18(17)24-20/h1-3,5,7-9,11,15H,4,6,10,12-13H2,(H,22,26)(H,23,24)/t15-/m1/s1. The number of piperidine rings is 1. The molecule has 1 aliphatic heterocycles. The Hall–Kier alpha value is -2.89. The van der Waals surface area contributed by atoms with Gasteiger partial charge in [0, 0.05) is 19.6 Å². The van der Waals surface area contributed by atoms with Crippen LogP contribution in [0.25, 0.3) is 11.0 Å². The van der Waals surface area contributed by atoms with Crippen LogP contribution in [0, 0.1) is 11.7 Å². The van der Waals surface area contributed by atoms with Gasteiger partial charge in [-0.2, -0.15) is 0 Å². The van der Waals surface area contributed by atoms with Gasteiger partial charge in [0.25, 0.3) is 0 Å². The van der Waals surface area contributed by atoms with Crippen LogP contribution < -0.4 is 10.2 Å². The number of rotatable bonds is 4. The maximum Gasteiger partial charge on any atom is 0.225 e. The van der Waals surface area contributed by atoms with Crippen molar-refractivity contribution in [2.45, 2.75) is 19.4 Å². The largest absolute Gasteiger partial charge is 0.352 e. The molecule has 1 fully saturated rings. The highest BCUT2D eigenvalue weighted by Crippen LogP contribution is 2.23. The molecule has 0 aliphatic carbocycles. The van der Waals surface area contributed by atoms with Crippen molar-refractivity contribution < 1.29 is 9.18 Å². The van der Waals surface area contributed by atoms with Crippen LogP contribution in [0.1, 0.15) is 18.4 Å². The molecule has 0 radical (unpaired) electrons. The van der Waals surface area contributed by atoms with Crippen LogP contribution in [-0.2, 0) is 11.3 Å². The third-order valence-electron chi connectivity index (χ3n) is 4.82. The summed E-state index contributed by atoms with van der Waals surface area (Å²) in [7, 11) is 0. The number of amides is 1. The molecule has 0 bridgehead atoms. The first-order valence-corrected chi connectivity index (χ1v) is 8.91. The van der Waals surface area contributed by atoms with Gasteiger partial charge in [0.15, 0.2) is 0 Å². The van der Waals surface area contributed by atoms with E-state index in [0.29, 0.717) is 13.1 Å². The van der Waals surface area contributed by atoms with Gasteiger partial charge in [-0.3, -0.25) is 4.79 Å². The average Bonchev–Trinajstić information content (AvgIpc) is 3.10. The average molecular weight is 352 g/mol. The number of aromatic nitrogens is 2. The third kappa shape index (κ3) is 3.54. The van der Waals surface area contributed by atoms with E-state index in [9.17, 15) is 9.18 Å². The molecule has 1 amide bonds. The molecule has 26 heavy (non-hydrogen) atoms. The van der Waals surface area contributed by atoms with Gasteiger partial charge in [0.05, 0.1) is 17.0 Å². The Bertz CT molecular complexity index is 890. The lowest BCUT2D eigenvalue weighted by Crippen LogP contribution is -2.43. The highest BCUT2D eigenvalue weighted by Gasteiger charge is 2.27. The predicted molar refractivity (Wildman–Crippen MR) is 99.3 cm³/mol. The summed E-state index contributed by atoms with van der Waals surface area (Å²) in [4.78, 5) is 22.6. The second-order valence-corrected chi connectivity index (χ2v) is 6.71. The molecule has 2 heterocycles. The molecule has 1 aromatic heterocycles. The number of fused-ring (bicyclic) bond motifs is 1. The zero-order valence-electron chi connectivity index (χ0n) is 14.4. The molecule has 134 valence electrons. The Kier molecular flexibility index (Phi) is 4.56. The Labute approximate surface area is 151 Å². The Morgan fingerprint density at radius 1 is 1.27 bits per heavy atom. The van der Waals surface area contributed by atoms with Crippen LogP contribution >= 0.6 is 0 Å². The van der Waals surface area contributed by atoms with Gasteiger partial charge in [-0.1, -0.05) is 24.3 Å². The Morgan fingerprint density at radius 2 is 2.15 bits per heavy atom. The number of hydrogen-bond acceptors (Lipinski definition) is 3. The van der Waals surface area contributed by atoms with Crippen molar-refractivity contribution in [3.8, 4) is 0 Å². The predicted octanol–water partition coefficient (Wildman–Crippen LogP) is 3.23. The minimum Gasteiger partial charge on any atom is -0.352 e. The van der Waals surface area contributed by atoms with Gasteiger partial charge in [-0.25, -0.2) is 9.37 Å². The molecular weight excluding hydrogens is 331 g/mol. The topological polar surface area (TPSA) is 61.0 Å². The number of aromatic amines is 1. The fourth-order valence-corrected chi connectivity index (χ4v) is 3.45. The van der Waals surface area contributed by atoms with Crippen molar-refractivity contribution in [1.29, 1.82) is 0 Å². The zero-order chi connectivity index (χ0) is 17.9. The second-order valence-electron chi connectivity index (χ2n) is 6.71. The summed E-state index contributed by atoms with van der Waals surface area (Å²) >= 11 is 0. The van der Waals surface area contributed by atoms with Crippen LogP contribution in [0.2, 0.25) is 0 Å². The SMILES string of the molecule is O=C(NCc1cccc(F)c1)[C@@H]1CCCN(c2nc3ccccc3[nH]2)C1. The second kappa shape index (κ2) is 7.15. The van der Waals surface area contributed by atoms with E-state index in [1.807, 2.05) is 30.3 Å². The van der Waals surface area contributed by atoms with Gasteiger partial charge >= 0.3 is 0 Å². The van der Waals surface area contributed by atoms with Crippen molar-refractivity contribution in [2.75, 3.05) is 18.0 Å². The number of H-pyrrole nitrogens is 1. The fraction of sp³-hybridized carbons (Fsp3) is 0.300. The summed E-state index contributed by atoms with van der Waals surface area (Å²) in [5, 5.41) is 2.93. The van der Waals surface area contributed by atoms with E-state index in [1.54, 1.807) is 6.07 Å². The maximum atomic E-state index is 13.2. The minimum absolute atomic E-state index is 0.00933. The number of halogens is 1. The molecule has 4 rings (SSSR count). The molecule has 0 saturated carbocycles. The van der Waals surface area contributed by atoms with E-state index in [2.05, 4.69) is 20.2 Å². The monoisotopic (exact) mass is 352 g/mol. The van der Waals surface area contributed by atoms with Crippen LogP contribution in [-0.4, -0.2) is 29.0 Å². The van der Waals surface area contributed by atoms with E-state index in [4.69, 9.17) is 0 Å². The zero-order valence-corrected chi connectivity index (χ0v) is 14.4. The number of benzene rings is 2. The molecule has 0 unspecified atom stereocenters. The molecule has 3 aromatic rings. The van der Waals surface area contributed by atoms with Gasteiger partial charge in [0.2, 0.25) is 11.9 Å². The van der Waals surface area contributed by atoms with Crippen LogP contribution in [0.3, 0.4) is 0 Å². The van der Waals surface area contributed by atoms with Crippen LogP contribution in [0.4, 0.5) is 10.3 Å². The first-order valence-electron chi connectivity index (χ1n) is 8.91. The molecule has 1 aliphatic rings. The summed E-state index contributed by atoms with van der Waals surface area (Å²) in [5.74, 6) is 0.444. The molecular formula is C20H21FN4O. The first kappa shape index (κ1) is 16.6. The van der Waals surface area contributed by atoms with E-state index < -0.39 is 0 Å². The van der Waals surface area contributed by atoms with E-state index >= 15 is 0 Å². The number of hydrogen-bond donors (Lipinski definition) is 2. The van der Waals surface area contributed by atoms with Crippen molar-refractivity contribution in [3.63, 3.8) is 0 Å². The summed E-state index contributed by atoms with van der Waals surface area (Å²) in [6.45, 7) is 1.86. The highest BCUT2D eigenvalue weighted by atomic mass is 19.1. The molecule has 2 aromatic carbocycles. The maximum absolute atomic E-state index is 13.2. The molecule has 2 N–H and O–H groups in total. The number of anilines is 1. The normalized spacial score (nSPS) is 17.4. The summed E-state index contributed by atoms with van der Waals surface area (Å²) < 4.78 is 13.2. The van der Waals surface area contributed by atoms with Crippen LogP contribution in [0.15, 0.2) is 48.5 Å². The Balaban J connectivity index is 1.40. The summed E-state index contributed by atoms with van der Waals surface area (Å²) in [6, 6.07) is 14.2. The fourth-order valence-electron chi connectivity index (χ4n) is 3.45. The Morgan fingerprint density at radius 3 is 3.00 bits per heavy atom. The number of para-hydroxylation sites is 2. The van der Waals surface area contributed by atoms with Crippen molar-refractivity contribution in [3.05, 3.63) is 59.9 Å². The van der Waals surface area contributed by atoms with Crippen molar-refractivity contribution in [2.24, 2.45) is 5.92 Å². The van der Waals surface area contributed by atoms with E-state index in [0.717, 1.165) is 41.9 Å². The number of nitrogens with zero attached hydrogens (tertiary/aromatic N) is 2. The highest BCUT2D eigenvalue weighted by molar-refractivity contribution is 5.80. The number of carbonyl (C=O) groups is 1. The number of carbonyl (C=O) groups excluding carboxylic acids is 1. The third-order valence-corrected chi connectivity index (χ3v) is 4.82. The van der Waals surface area contributed by atoms with E-state index in [1.165, 1.54) is 12.1 Å². The quantitative estimate of drug-likeness (QED) is 0.758. The van der Waals surface area contributed by atoms with Crippen molar-refractivity contribution in [1.82, 2.24) is 15.3 Å². The molecule has 5 nitrogen and oxygen atoms in total. The van der Waals surface area contributed by atoms with Crippen LogP contribution in [0.5, 0.6) is 0 Å². The van der Waals surface area contributed by atoms with E-state index in [-0.39, 0.29) is 17.6 Å².